The van der Waals surface area contributed by atoms with Gasteiger partial charge in [-0.2, -0.15) is 0 Å². The highest BCUT2D eigenvalue weighted by molar-refractivity contribution is 8.00. The summed E-state index contributed by atoms with van der Waals surface area (Å²) in [5.41, 5.74) is 0.700. The molecule has 1 aliphatic heterocycles. The van der Waals surface area contributed by atoms with E-state index in [1.54, 1.807) is 23.9 Å². The second-order valence-electron chi connectivity index (χ2n) is 5.12. The van der Waals surface area contributed by atoms with E-state index in [1.807, 2.05) is 4.90 Å². The molecule has 8 heteroatoms. The van der Waals surface area contributed by atoms with Crippen molar-refractivity contribution in [1.29, 1.82) is 0 Å². The molecule has 2 aromatic heterocycles. The summed E-state index contributed by atoms with van der Waals surface area (Å²) in [6.07, 6.45) is 0.621. The van der Waals surface area contributed by atoms with Crippen LogP contribution in [0.5, 0.6) is 0 Å². The zero-order valence-corrected chi connectivity index (χ0v) is 12.9. The van der Waals surface area contributed by atoms with E-state index in [0.29, 0.717) is 17.8 Å². The fourth-order valence-electron chi connectivity index (χ4n) is 2.59. The van der Waals surface area contributed by atoms with E-state index in [2.05, 4.69) is 17.1 Å². The number of carbonyl (C=O) groups excluding carboxylic acids is 1. The van der Waals surface area contributed by atoms with Gasteiger partial charge in [0.25, 0.3) is 12.3 Å². The average molecular weight is 326 g/mol. The van der Waals surface area contributed by atoms with Gasteiger partial charge in [0.1, 0.15) is 0 Å². The summed E-state index contributed by atoms with van der Waals surface area (Å²) in [4.78, 5) is 14.5. The topological polar surface area (TPSA) is 50.5 Å². The Morgan fingerprint density at radius 1 is 1.45 bits per heavy atom. The molecule has 1 atom stereocenters. The standard InChI is InChI=1S/C14H16F2N4OS/c1-2-3-11-19(6-7-22-11)14(21)9-4-5-10-17-18-13(12(15)16)20(10)8-9/h4-5,8,11-12H,2-3,6-7H2,1H3/t11-/m0/s1. The number of carbonyl (C=O) groups is 1. The van der Waals surface area contributed by atoms with Gasteiger partial charge in [-0.1, -0.05) is 13.3 Å². The molecule has 0 aromatic carbocycles. The molecule has 1 amide bonds. The van der Waals surface area contributed by atoms with Crippen LogP contribution in [0.3, 0.4) is 0 Å². The minimum absolute atomic E-state index is 0.126. The first-order valence-electron chi connectivity index (χ1n) is 7.17. The molecule has 118 valence electrons. The first-order chi connectivity index (χ1) is 10.6. The lowest BCUT2D eigenvalue weighted by molar-refractivity contribution is 0.0755. The third-order valence-corrected chi connectivity index (χ3v) is 4.95. The second kappa shape index (κ2) is 6.20. The number of thioether (sulfide) groups is 1. The van der Waals surface area contributed by atoms with Gasteiger partial charge in [0.05, 0.1) is 10.9 Å². The van der Waals surface area contributed by atoms with Crippen LogP contribution in [-0.2, 0) is 0 Å². The van der Waals surface area contributed by atoms with Crippen molar-refractivity contribution in [3.8, 4) is 0 Å². The van der Waals surface area contributed by atoms with Crippen molar-refractivity contribution in [3.05, 3.63) is 29.7 Å². The monoisotopic (exact) mass is 326 g/mol. The number of amides is 1. The highest BCUT2D eigenvalue weighted by atomic mass is 32.2. The van der Waals surface area contributed by atoms with Gasteiger partial charge in [-0.05, 0) is 18.6 Å². The summed E-state index contributed by atoms with van der Waals surface area (Å²) >= 11 is 1.76. The summed E-state index contributed by atoms with van der Waals surface area (Å²) < 4.78 is 27.0. The molecule has 2 aromatic rings. The third kappa shape index (κ3) is 2.67. The lowest BCUT2D eigenvalue weighted by atomic mass is 10.2. The van der Waals surface area contributed by atoms with Crippen molar-refractivity contribution in [3.63, 3.8) is 0 Å². The summed E-state index contributed by atoms with van der Waals surface area (Å²) in [5.74, 6) is 0.345. The lowest BCUT2D eigenvalue weighted by Crippen LogP contribution is -2.34. The Morgan fingerprint density at radius 3 is 3.00 bits per heavy atom. The predicted molar refractivity (Wildman–Crippen MR) is 80.1 cm³/mol. The van der Waals surface area contributed by atoms with Gasteiger partial charge < -0.3 is 4.90 Å². The molecule has 0 unspecified atom stereocenters. The highest BCUT2D eigenvalue weighted by Crippen LogP contribution is 2.29. The van der Waals surface area contributed by atoms with Crippen molar-refractivity contribution >= 4 is 23.3 Å². The van der Waals surface area contributed by atoms with Crippen molar-refractivity contribution in [2.45, 2.75) is 31.6 Å². The number of alkyl halides is 2. The molecule has 3 heterocycles. The molecule has 5 nitrogen and oxygen atoms in total. The third-order valence-electron chi connectivity index (χ3n) is 3.66. The van der Waals surface area contributed by atoms with Gasteiger partial charge in [-0.25, -0.2) is 8.78 Å². The number of hydrogen-bond donors (Lipinski definition) is 0. The fourth-order valence-corrected chi connectivity index (χ4v) is 3.95. The van der Waals surface area contributed by atoms with Crippen LogP contribution in [-0.4, -0.2) is 43.1 Å². The molecule has 1 fully saturated rings. The van der Waals surface area contributed by atoms with Crippen LogP contribution < -0.4 is 0 Å². The zero-order valence-electron chi connectivity index (χ0n) is 12.1. The van der Waals surface area contributed by atoms with E-state index in [9.17, 15) is 13.6 Å². The Balaban J connectivity index is 1.92. The van der Waals surface area contributed by atoms with Gasteiger partial charge in [-0.15, -0.1) is 22.0 Å². The molecule has 22 heavy (non-hydrogen) atoms. The van der Waals surface area contributed by atoms with Crippen LogP contribution in [0.4, 0.5) is 8.78 Å². The molecule has 1 saturated heterocycles. The van der Waals surface area contributed by atoms with E-state index < -0.39 is 12.2 Å². The van der Waals surface area contributed by atoms with Crippen LogP contribution in [0.1, 0.15) is 42.4 Å². The average Bonchev–Trinajstić information content (AvgIpc) is 3.12. The SMILES string of the molecule is CCC[C@@H]1SCCN1C(=O)c1ccc2nnc(C(F)F)n2c1. The van der Waals surface area contributed by atoms with Crippen molar-refractivity contribution in [2.75, 3.05) is 12.3 Å². The Labute approximate surface area is 130 Å². The Morgan fingerprint density at radius 2 is 2.27 bits per heavy atom. The van der Waals surface area contributed by atoms with Crippen molar-refractivity contribution in [1.82, 2.24) is 19.5 Å². The van der Waals surface area contributed by atoms with Crippen LogP contribution in [0.2, 0.25) is 0 Å². The summed E-state index contributed by atoms with van der Waals surface area (Å²) in [6.45, 7) is 2.77. The summed E-state index contributed by atoms with van der Waals surface area (Å²) in [6, 6.07) is 3.16. The molecule has 0 bridgehead atoms. The minimum atomic E-state index is -2.73. The molecular weight excluding hydrogens is 310 g/mol. The van der Waals surface area contributed by atoms with E-state index in [-0.39, 0.29) is 11.3 Å². The Bertz CT molecular complexity index is 691. The second-order valence-corrected chi connectivity index (χ2v) is 6.40. The molecule has 0 N–H and O–H groups in total. The van der Waals surface area contributed by atoms with Crippen LogP contribution in [0, 0.1) is 0 Å². The molecule has 0 saturated carbocycles. The van der Waals surface area contributed by atoms with E-state index in [1.165, 1.54) is 10.6 Å². The lowest BCUT2D eigenvalue weighted by Gasteiger charge is -2.23. The molecule has 0 radical (unpaired) electrons. The fraction of sp³-hybridized carbons (Fsp3) is 0.500. The predicted octanol–water partition coefficient (Wildman–Crippen LogP) is 2.98. The zero-order chi connectivity index (χ0) is 15.7. The summed E-state index contributed by atoms with van der Waals surface area (Å²) in [5, 5.41) is 7.33. The van der Waals surface area contributed by atoms with E-state index in [0.717, 1.165) is 18.6 Å². The maximum Gasteiger partial charge on any atom is 0.297 e. The first-order valence-corrected chi connectivity index (χ1v) is 8.22. The number of nitrogens with zero attached hydrogens (tertiary/aromatic N) is 4. The maximum atomic E-state index is 12.9. The molecule has 0 spiro atoms. The summed E-state index contributed by atoms with van der Waals surface area (Å²) in [7, 11) is 0. The van der Waals surface area contributed by atoms with E-state index >= 15 is 0 Å². The Hall–Kier alpha value is -1.70. The maximum absolute atomic E-state index is 12.9. The largest absolute Gasteiger partial charge is 0.326 e. The number of aromatic nitrogens is 3. The van der Waals surface area contributed by atoms with Crippen LogP contribution in [0.15, 0.2) is 18.3 Å². The number of pyridine rings is 1. The molecule has 3 rings (SSSR count). The van der Waals surface area contributed by atoms with Gasteiger partial charge in [0.15, 0.2) is 5.65 Å². The van der Waals surface area contributed by atoms with Gasteiger partial charge >= 0.3 is 0 Å². The minimum Gasteiger partial charge on any atom is -0.326 e. The Kier molecular flexibility index (Phi) is 4.28. The van der Waals surface area contributed by atoms with E-state index in [4.69, 9.17) is 0 Å². The normalized spacial score (nSPS) is 18.5. The number of halogens is 2. The van der Waals surface area contributed by atoms with Crippen molar-refractivity contribution < 1.29 is 13.6 Å². The molecule has 1 aliphatic rings. The van der Waals surface area contributed by atoms with Gasteiger partial charge in [-0.3, -0.25) is 9.20 Å². The van der Waals surface area contributed by atoms with Crippen molar-refractivity contribution in [2.24, 2.45) is 0 Å². The molecule has 0 aliphatic carbocycles. The number of fused-ring (bicyclic) bond motifs is 1. The van der Waals surface area contributed by atoms with Crippen LogP contribution in [0.25, 0.3) is 5.65 Å². The number of hydrogen-bond acceptors (Lipinski definition) is 4. The highest BCUT2D eigenvalue weighted by Gasteiger charge is 2.29. The molecular formula is C14H16F2N4OS. The van der Waals surface area contributed by atoms with Gasteiger partial charge in [0.2, 0.25) is 5.82 Å². The first kappa shape index (κ1) is 15.2. The smallest absolute Gasteiger partial charge is 0.297 e. The van der Waals surface area contributed by atoms with Crippen LogP contribution >= 0.6 is 11.8 Å². The quantitative estimate of drug-likeness (QED) is 0.867. The van der Waals surface area contributed by atoms with Gasteiger partial charge in [0, 0.05) is 18.5 Å². The number of rotatable bonds is 4.